The summed E-state index contributed by atoms with van der Waals surface area (Å²) in [5.41, 5.74) is 1.10. The first kappa shape index (κ1) is 16.8. The average molecular weight is 317 g/mol. The summed E-state index contributed by atoms with van der Waals surface area (Å²) in [6.07, 6.45) is 0.971. The predicted molar refractivity (Wildman–Crippen MR) is 82.8 cm³/mol. The molecule has 0 saturated heterocycles. The van der Waals surface area contributed by atoms with Crippen LogP contribution in [0.5, 0.6) is 0 Å². The standard InChI is InChI=1S/C17H19NO5/c19-16(18-11-14-8-9-15(23-14)17(20)21)7-4-10-22-12-13-5-2-1-3-6-13/h1-3,5-6,8-9H,4,7,10-12H2,(H,18,19)(H,20,21). The number of rotatable bonds is 9. The van der Waals surface area contributed by atoms with Gasteiger partial charge in [0, 0.05) is 13.0 Å². The van der Waals surface area contributed by atoms with Crippen molar-refractivity contribution < 1.29 is 23.8 Å². The van der Waals surface area contributed by atoms with Crippen LogP contribution in [0, 0.1) is 0 Å². The van der Waals surface area contributed by atoms with E-state index in [2.05, 4.69) is 5.32 Å². The molecule has 0 bridgehead atoms. The number of carboxylic acid groups (broad SMARTS) is 1. The molecule has 0 radical (unpaired) electrons. The number of carbonyl (C=O) groups is 2. The number of hydrogen-bond donors (Lipinski definition) is 2. The molecule has 0 spiro atoms. The molecule has 2 aromatic rings. The Balaban J connectivity index is 1.57. The van der Waals surface area contributed by atoms with Gasteiger partial charge in [0.1, 0.15) is 5.76 Å². The van der Waals surface area contributed by atoms with Crippen LogP contribution in [0.2, 0.25) is 0 Å². The number of carbonyl (C=O) groups excluding carboxylic acids is 1. The smallest absolute Gasteiger partial charge is 0.371 e. The zero-order valence-corrected chi connectivity index (χ0v) is 12.7. The Kier molecular flexibility index (Phi) is 6.38. The summed E-state index contributed by atoms with van der Waals surface area (Å²) < 4.78 is 10.5. The maximum absolute atomic E-state index is 11.7. The van der Waals surface area contributed by atoms with Gasteiger partial charge in [-0.05, 0) is 24.1 Å². The van der Waals surface area contributed by atoms with Gasteiger partial charge in [-0.25, -0.2) is 4.79 Å². The van der Waals surface area contributed by atoms with E-state index in [-0.39, 0.29) is 18.2 Å². The predicted octanol–water partition coefficient (Wildman–Crippen LogP) is 2.59. The molecule has 0 aliphatic carbocycles. The summed E-state index contributed by atoms with van der Waals surface area (Å²) in [5.74, 6) is -0.973. The molecule has 0 atom stereocenters. The van der Waals surface area contributed by atoms with Crippen molar-refractivity contribution >= 4 is 11.9 Å². The monoisotopic (exact) mass is 317 g/mol. The maximum Gasteiger partial charge on any atom is 0.371 e. The Morgan fingerprint density at radius 2 is 1.91 bits per heavy atom. The minimum Gasteiger partial charge on any atom is -0.475 e. The van der Waals surface area contributed by atoms with Crippen LogP contribution in [0.3, 0.4) is 0 Å². The van der Waals surface area contributed by atoms with Crippen molar-refractivity contribution in [3.63, 3.8) is 0 Å². The fourth-order valence-corrected chi connectivity index (χ4v) is 1.96. The van der Waals surface area contributed by atoms with Crippen LogP contribution in [-0.2, 0) is 22.7 Å². The van der Waals surface area contributed by atoms with Gasteiger partial charge < -0.3 is 19.6 Å². The van der Waals surface area contributed by atoms with E-state index in [4.69, 9.17) is 14.3 Å². The van der Waals surface area contributed by atoms with E-state index in [0.717, 1.165) is 5.56 Å². The largest absolute Gasteiger partial charge is 0.475 e. The summed E-state index contributed by atoms with van der Waals surface area (Å²) >= 11 is 0. The molecular weight excluding hydrogens is 298 g/mol. The summed E-state index contributed by atoms with van der Waals surface area (Å²) in [5, 5.41) is 11.4. The molecule has 122 valence electrons. The van der Waals surface area contributed by atoms with Crippen molar-refractivity contribution in [1.29, 1.82) is 0 Å². The molecule has 1 amide bonds. The highest BCUT2D eigenvalue weighted by Gasteiger charge is 2.09. The topological polar surface area (TPSA) is 88.8 Å². The van der Waals surface area contributed by atoms with E-state index in [1.165, 1.54) is 12.1 Å². The third-order valence-electron chi connectivity index (χ3n) is 3.14. The number of hydrogen-bond acceptors (Lipinski definition) is 4. The second-order valence-electron chi connectivity index (χ2n) is 4.99. The SMILES string of the molecule is O=C(CCCOCc1ccccc1)NCc1ccc(C(=O)O)o1. The number of ether oxygens (including phenoxy) is 1. The number of amides is 1. The molecule has 23 heavy (non-hydrogen) atoms. The van der Waals surface area contributed by atoms with E-state index in [0.29, 0.717) is 31.8 Å². The van der Waals surface area contributed by atoms with Gasteiger partial charge in [0.15, 0.2) is 0 Å². The maximum atomic E-state index is 11.7. The Morgan fingerprint density at radius 1 is 1.13 bits per heavy atom. The second-order valence-corrected chi connectivity index (χ2v) is 4.99. The summed E-state index contributed by atoms with van der Waals surface area (Å²) in [4.78, 5) is 22.3. The van der Waals surface area contributed by atoms with Gasteiger partial charge in [0.25, 0.3) is 0 Å². The van der Waals surface area contributed by atoms with Crippen molar-refractivity contribution in [2.75, 3.05) is 6.61 Å². The van der Waals surface area contributed by atoms with Crippen molar-refractivity contribution in [3.05, 3.63) is 59.5 Å². The fourth-order valence-electron chi connectivity index (χ4n) is 1.96. The Bertz CT molecular complexity index is 635. The van der Waals surface area contributed by atoms with Gasteiger partial charge >= 0.3 is 5.97 Å². The Labute approximate surface area is 134 Å². The van der Waals surface area contributed by atoms with Crippen LogP contribution in [-0.4, -0.2) is 23.6 Å². The normalized spacial score (nSPS) is 10.4. The minimum absolute atomic E-state index is 0.124. The number of benzene rings is 1. The lowest BCUT2D eigenvalue weighted by Gasteiger charge is -2.05. The van der Waals surface area contributed by atoms with Crippen molar-refractivity contribution in [3.8, 4) is 0 Å². The molecular formula is C17H19NO5. The summed E-state index contributed by atoms with van der Waals surface area (Å²) in [7, 11) is 0. The molecule has 0 saturated carbocycles. The molecule has 0 aliphatic heterocycles. The molecule has 2 N–H and O–H groups in total. The van der Waals surface area contributed by atoms with E-state index >= 15 is 0 Å². The van der Waals surface area contributed by atoms with Crippen LogP contribution in [0.25, 0.3) is 0 Å². The molecule has 2 rings (SSSR count). The van der Waals surface area contributed by atoms with E-state index in [1.807, 2.05) is 30.3 Å². The Morgan fingerprint density at radius 3 is 2.61 bits per heavy atom. The molecule has 1 aromatic carbocycles. The molecule has 0 aliphatic rings. The number of carboxylic acids is 1. The number of furan rings is 1. The molecule has 0 fully saturated rings. The van der Waals surface area contributed by atoms with Gasteiger partial charge in [0.05, 0.1) is 13.2 Å². The second kappa shape index (κ2) is 8.75. The van der Waals surface area contributed by atoms with Crippen LogP contribution >= 0.6 is 0 Å². The van der Waals surface area contributed by atoms with Gasteiger partial charge in [-0.15, -0.1) is 0 Å². The molecule has 1 heterocycles. The highest BCUT2D eigenvalue weighted by atomic mass is 16.5. The minimum atomic E-state index is -1.13. The molecule has 6 nitrogen and oxygen atoms in total. The fraction of sp³-hybridized carbons (Fsp3) is 0.294. The lowest BCUT2D eigenvalue weighted by molar-refractivity contribution is -0.121. The van der Waals surface area contributed by atoms with Crippen LogP contribution in [0.15, 0.2) is 46.9 Å². The first-order valence-corrected chi connectivity index (χ1v) is 7.35. The molecule has 0 unspecified atom stereocenters. The van der Waals surface area contributed by atoms with Crippen molar-refractivity contribution in [1.82, 2.24) is 5.32 Å². The van der Waals surface area contributed by atoms with Crippen LogP contribution in [0.4, 0.5) is 0 Å². The van der Waals surface area contributed by atoms with E-state index in [9.17, 15) is 9.59 Å². The third kappa shape index (κ3) is 5.96. The average Bonchev–Trinajstić information content (AvgIpc) is 3.03. The first-order chi connectivity index (χ1) is 11.1. The quantitative estimate of drug-likeness (QED) is 0.694. The van der Waals surface area contributed by atoms with E-state index < -0.39 is 5.97 Å². The van der Waals surface area contributed by atoms with Crippen LogP contribution < -0.4 is 5.32 Å². The highest BCUT2D eigenvalue weighted by Crippen LogP contribution is 2.07. The highest BCUT2D eigenvalue weighted by molar-refractivity contribution is 5.84. The van der Waals surface area contributed by atoms with Crippen molar-refractivity contribution in [2.45, 2.75) is 26.0 Å². The lowest BCUT2D eigenvalue weighted by atomic mass is 10.2. The number of nitrogens with one attached hydrogen (secondary N) is 1. The summed E-state index contributed by atoms with van der Waals surface area (Å²) in [6, 6.07) is 12.7. The van der Waals surface area contributed by atoms with Crippen molar-refractivity contribution in [2.24, 2.45) is 0 Å². The van der Waals surface area contributed by atoms with Gasteiger partial charge in [-0.3, -0.25) is 4.79 Å². The van der Waals surface area contributed by atoms with Gasteiger partial charge in [-0.1, -0.05) is 30.3 Å². The van der Waals surface area contributed by atoms with Crippen LogP contribution in [0.1, 0.15) is 34.7 Å². The van der Waals surface area contributed by atoms with Gasteiger partial charge in [-0.2, -0.15) is 0 Å². The zero-order chi connectivity index (χ0) is 16.5. The van der Waals surface area contributed by atoms with E-state index in [1.54, 1.807) is 0 Å². The lowest BCUT2D eigenvalue weighted by Crippen LogP contribution is -2.22. The first-order valence-electron chi connectivity index (χ1n) is 7.35. The zero-order valence-electron chi connectivity index (χ0n) is 12.7. The molecule has 6 heteroatoms. The summed E-state index contributed by atoms with van der Waals surface area (Å²) in [6.45, 7) is 1.22. The molecule has 1 aromatic heterocycles. The Hall–Kier alpha value is -2.60. The third-order valence-corrected chi connectivity index (χ3v) is 3.14. The number of aromatic carboxylic acids is 1. The van der Waals surface area contributed by atoms with Gasteiger partial charge in [0.2, 0.25) is 11.7 Å².